The van der Waals surface area contributed by atoms with E-state index in [4.69, 9.17) is 26.5 Å². The second-order valence-corrected chi connectivity index (χ2v) is 8.28. The smallest absolute Gasteiger partial charge is 0.433 e. The van der Waals surface area contributed by atoms with Crippen LogP contribution in [0.2, 0.25) is 5.02 Å². The molecule has 1 amide bonds. The molecule has 2 heterocycles. The Kier molecular flexibility index (Phi) is 6.87. The van der Waals surface area contributed by atoms with Crippen LogP contribution in [-0.2, 0) is 12.7 Å². The van der Waals surface area contributed by atoms with E-state index in [2.05, 4.69) is 15.3 Å². The molecule has 3 N–H and O–H groups in total. The lowest BCUT2D eigenvalue weighted by molar-refractivity contribution is -0.140. The third kappa shape index (κ3) is 4.98. The third-order valence-electron chi connectivity index (χ3n) is 5.30. The number of nitrogens with two attached hydrogens (primary N) is 1. The lowest BCUT2D eigenvalue weighted by atomic mass is 10.1. The maximum atomic E-state index is 14.1. The molecule has 2 aromatic heterocycles. The van der Waals surface area contributed by atoms with Crippen LogP contribution in [0, 0.1) is 5.82 Å². The first-order valence-electron chi connectivity index (χ1n) is 10.5. The fourth-order valence-corrected chi connectivity index (χ4v) is 3.70. The largest absolute Gasteiger partial charge is 0.494 e. The number of nitrogens with zero attached hydrogens (tertiary/aromatic N) is 2. The van der Waals surface area contributed by atoms with E-state index in [0.717, 1.165) is 12.1 Å². The molecule has 12 heteroatoms. The molecule has 0 fully saturated rings. The van der Waals surface area contributed by atoms with Gasteiger partial charge in [-0.05, 0) is 43.3 Å². The molecule has 2 aromatic carbocycles. The van der Waals surface area contributed by atoms with E-state index >= 15 is 0 Å². The summed E-state index contributed by atoms with van der Waals surface area (Å²) in [5.74, 6) is -1.17. The molecule has 7 nitrogen and oxygen atoms in total. The lowest BCUT2D eigenvalue weighted by Crippen LogP contribution is -2.25. The zero-order valence-corrected chi connectivity index (χ0v) is 19.7. The van der Waals surface area contributed by atoms with Crippen LogP contribution in [0.1, 0.15) is 40.5 Å². The summed E-state index contributed by atoms with van der Waals surface area (Å²) in [5, 5.41) is 3.03. The predicted octanol–water partition coefficient (Wildman–Crippen LogP) is 5.66. The van der Waals surface area contributed by atoms with Gasteiger partial charge >= 0.3 is 6.18 Å². The molecule has 0 aliphatic carbocycles. The second kappa shape index (κ2) is 9.75. The Morgan fingerprint density at radius 3 is 2.58 bits per heavy atom. The van der Waals surface area contributed by atoms with Crippen molar-refractivity contribution in [1.82, 2.24) is 15.3 Å². The Bertz CT molecular complexity index is 1450. The van der Waals surface area contributed by atoms with Crippen LogP contribution in [0.3, 0.4) is 0 Å². The Hall–Kier alpha value is -3.70. The molecule has 1 atom stereocenters. The summed E-state index contributed by atoms with van der Waals surface area (Å²) >= 11 is 5.75. The van der Waals surface area contributed by atoms with Gasteiger partial charge < -0.3 is 20.2 Å². The van der Waals surface area contributed by atoms with Crippen LogP contribution in [0.25, 0.3) is 22.4 Å². The molecule has 0 saturated carbocycles. The first kappa shape index (κ1) is 25.4. The van der Waals surface area contributed by atoms with Gasteiger partial charge in [0.2, 0.25) is 5.89 Å². The number of hydrogen-bond donors (Lipinski definition) is 2. The first-order valence-corrected chi connectivity index (χ1v) is 10.9. The topological polar surface area (TPSA) is 103 Å². The summed E-state index contributed by atoms with van der Waals surface area (Å²) in [6.07, 6.45) is -4.66. The van der Waals surface area contributed by atoms with Crippen LogP contribution in [0.4, 0.5) is 17.6 Å². The van der Waals surface area contributed by atoms with E-state index in [-0.39, 0.29) is 56.7 Å². The monoisotopic (exact) mass is 522 g/mol. The summed E-state index contributed by atoms with van der Waals surface area (Å²) < 4.78 is 64.7. The van der Waals surface area contributed by atoms with Crippen LogP contribution in [-0.4, -0.2) is 23.0 Å². The predicted molar refractivity (Wildman–Crippen MR) is 124 cm³/mol. The van der Waals surface area contributed by atoms with Crippen molar-refractivity contribution in [2.45, 2.75) is 25.7 Å². The normalized spacial score (nSPS) is 12.6. The number of alkyl halides is 3. The number of aromatic nitrogens is 2. The number of amides is 1. The quantitative estimate of drug-likeness (QED) is 0.317. The highest BCUT2D eigenvalue weighted by molar-refractivity contribution is 6.30. The average molecular weight is 523 g/mol. The molecule has 188 valence electrons. The van der Waals surface area contributed by atoms with E-state index in [1.165, 1.54) is 37.4 Å². The zero-order valence-electron chi connectivity index (χ0n) is 18.9. The number of benzene rings is 2. The summed E-state index contributed by atoms with van der Waals surface area (Å²) in [7, 11) is 1.31. The fourth-order valence-electron chi connectivity index (χ4n) is 3.54. The molecule has 0 aliphatic rings. The number of oxazole rings is 1. The van der Waals surface area contributed by atoms with E-state index in [9.17, 15) is 22.4 Å². The van der Waals surface area contributed by atoms with Crippen molar-refractivity contribution < 1.29 is 31.5 Å². The average Bonchev–Trinajstić information content (AvgIpc) is 3.27. The number of ether oxygens (including phenoxy) is 1. The Morgan fingerprint density at radius 1 is 1.19 bits per heavy atom. The number of carbonyl (C=O) groups excluding carboxylic acids is 1. The molecule has 36 heavy (non-hydrogen) atoms. The number of nitrogens with one attached hydrogen (secondary N) is 1. The van der Waals surface area contributed by atoms with Gasteiger partial charge in [-0.25, -0.2) is 14.4 Å². The minimum atomic E-state index is -4.66. The third-order valence-corrected chi connectivity index (χ3v) is 5.53. The van der Waals surface area contributed by atoms with Gasteiger partial charge in [0.05, 0.1) is 13.2 Å². The number of rotatable bonds is 6. The SMILES string of the molecule is COc1ccc(-c2nc(C(=O)NCc3ccc(Cl)cc3F)c([C@H](C)N)o2)c2ccc(C(F)(F)F)nc12. The summed E-state index contributed by atoms with van der Waals surface area (Å²) in [5.41, 5.74) is 5.15. The van der Waals surface area contributed by atoms with Crippen molar-refractivity contribution in [3.05, 3.63) is 76.0 Å². The maximum absolute atomic E-state index is 14.1. The van der Waals surface area contributed by atoms with Gasteiger partial charge in [-0.2, -0.15) is 13.2 Å². The van der Waals surface area contributed by atoms with Crippen molar-refractivity contribution in [1.29, 1.82) is 0 Å². The van der Waals surface area contributed by atoms with Gasteiger partial charge in [-0.15, -0.1) is 0 Å². The molecule has 4 aromatic rings. The molecule has 0 bridgehead atoms. The molecule has 0 saturated heterocycles. The molecule has 0 aliphatic heterocycles. The zero-order chi connectivity index (χ0) is 26.2. The molecule has 0 radical (unpaired) electrons. The number of pyridine rings is 1. The van der Waals surface area contributed by atoms with Crippen LogP contribution in [0.5, 0.6) is 5.75 Å². The summed E-state index contributed by atoms with van der Waals surface area (Å²) in [6.45, 7) is 1.42. The Balaban J connectivity index is 1.73. The summed E-state index contributed by atoms with van der Waals surface area (Å²) in [4.78, 5) is 20.9. The van der Waals surface area contributed by atoms with E-state index in [0.29, 0.717) is 0 Å². The van der Waals surface area contributed by atoms with Crippen LogP contribution < -0.4 is 15.8 Å². The highest BCUT2D eigenvalue weighted by Crippen LogP contribution is 2.37. The first-order chi connectivity index (χ1) is 17.0. The Labute approximate surface area is 207 Å². The number of halogens is 5. The molecule has 0 spiro atoms. The van der Waals surface area contributed by atoms with E-state index in [1.807, 2.05) is 0 Å². The molecular formula is C24H19ClF4N4O3. The van der Waals surface area contributed by atoms with E-state index < -0.39 is 29.6 Å². The highest BCUT2D eigenvalue weighted by Gasteiger charge is 2.33. The molecular weight excluding hydrogens is 504 g/mol. The van der Waals surface area contributed by atoms with Crippen molar-refractivity contribution in [2.24, 2.45) is 5.73 Å². The summed E-state index contributed by atoms with van der Waals surface area (Å²) in [6, 6.07) is 8.29. The number of methoxy groups -OCH3 is 1. The highest BCUT2D eigenvalue weighted by atomic mass is 35.5. The van der Waals surface area contributed by atoms with Gasteiger partial charge in [0.1, 0.15) is 22.8 Å². The minimum absolute atomic E-state index is 0.0444. The number of fused-ring (bicyclic) bond motifs is 1. The standard InChI is InChI=1S/C24H19ClF4N4O3/c1-11(30)21-20(22(34)31-10-12-3-4-13(25)9-16(12)26)33-23(36-21)15-5-7-17(35-2)19-14(15)6-8-18(32-19)24(27,28)29/h3-9,11H,10,30H2,1-2H3,(H,31,34)/t11-/m0/s1. The van der Waals surface area contributed by atoms with Crippen molar-refractivity contribution in [3.8, 4) is 17.2 Å². The number of carbonyl (C=O) groups is 1. The molecule has 0 unspecified atom stereocenters. The van der Waals surface area contributed by atoms with Gasteiger partial charge in [0, 0.05) is 28.1 Å². The fraction of sp³-hybridized carbons (Fsp3) is 0.208. The van der Waals surface area contributed by atoms with Gasteiger partial charge in [0.15, 0.2) is 11.5 Å². The molecule has 4 rings (SSSR count). The lowest BCUT2D eigenvalue weighted by Gasteiger charge is -2.11. The number of hydrogen-bond acceptors (Lipinski definition) is 6. The minimum Gasteiger partial charge on any atom is -0.494 e. The maximum Gasteiger partial charge on any atom is 0.433 e. The van der Waals surface area contributed by atoms with Crippen LogP contribution in [0.15, 0.2) is 46.9 Å². The second-order valence-electron chi connectivity index (χ2n) is 7.84. The Morgan fingerprint density at radius 2 is 1.94 bits per heavy atom. The van der Waals surface area contributed by atoms with Gasteiger partial charge in [0.25, 0.3) is 5.91 Å². The van der Waals surface area contributed by atoms with Crippen molar-refractivity contribution in [3.63, 3.8) is 0 Å². The van der Waals surface area contributed by atoms with Gasteiger partial charge in [-0.3, -0.25) is 4.79 Å². The van der Waals surface area contributed by atoms with Crippen molar-refractivity contribution in [2.75, 3.05) is 7.11 Å². The van der Waals surface area contributed by atoms with Crippen molar-refractivity contribution >= 4 is 28.4 Å². The van der Waals surface area contributed by atoms with Gasteiger partial charge in [-0.1, -0.05) is 17.7 Å². The van der Waals surface area contributed by atoms with E-state index in [1.54, 1.807) is 6.92 Å². The van der Waals surface area contributed by atoms with Crippen LogP contribution >= 0.6 is 11.6 Å².